The van der Waals surface area contributed by atoms with Crippen LogP contribution in [0.25, 0.3) is 0 Å². The molecule has 0 atom stereocenters. The van der Waals surface area contributed by atoms with Gasteiger partial charge in [0, 0.05) is 5.92 Å². The summed E-state index contributed by atoms with van der Waals surface area (Å²) in [4.78, 5) is 0. The molecule has 17 heavy (non-hydrogen) atoms. The fraction of sp³-hybridized carbons (Fsp3) is 0.417. The lowest BCUT2D eigenvalue weighted by Gasteiger charge is -2.19. The molecule has 0 aromatic heterocycles. The molecule has 0 heterocycles. The van der Waals surface area contributed by atoms with Crippen molar-refractivity contribution in [3.8, 4) is 5.75 Å². The van der Waals surface area contributed by atoms with E-state index in [1.807, 2.05) is 0 Å². The molecule has 1 aromatic carbocycles. The smallest absolute Gasteiger partial charge is 0.420 e. The van der Waals surface area contributed by atoms with Crippen LogP contribution in [0.2, 0.25) is 0 Å². The van der Waals surface area contributed by atoms with Gasteiger partial charge in [-0.25, -0.2) is 0 Å². The third-order valence-corrected chi connectivity index (χ3v) is 2.31. The second kappa shape index (κ2) is 5.40. The Morgan fingerprint density at radius 1 is 1.35 bits per heavy atom. The second-order valence-corrected chi connectivity index (χ2v) is 3.55. The Hall–Kier alpha value is -1.23. The van der Waals surface area contributed by atoms with Gasteiger partial charge in [-0.3, -0.25) is 0 Å². The van der Waals surface area contributed by atoms with Crippen LogP contribution in [0.5, 0.6) is 5.75 Å². The van der Waals surface area contributed by atoms with E-state index in [-0.39, 0.29) is 23.8 Å². The molecule has 0 bridgehead atoms. The molecule has 1 aromatic rings. The van der Waals surface area contributed by atoms with E-state index in [0.29, 0.717) is 0 Å². The SMILES string of the molecule is CCOc1cccc([C](C)CO)c1C(F)(F)F. The molecule has 1 N–H and O–H groups in total. The van der Waals surface area contributed by atoms with Gasteiger partial charge >= 0.3 is 6.18 Å². The van der Waals surface area contributed by atoms with Crippen LogP contribution in [-0.2, 0) is 6.18 Å². The van der Waals surface area contributed by atoms with E-state index in [0.717, 1.165) is 0 Å². The van der Waals surface area contributed by atoms with Gasteiger partial charge in [-0.1, -0.05) is 19.1 Å². The maximum absolute atomic E-state index is 13.0. The summed E-state index contributed by atoms with van der Waals surface area (Å²) in [5, 5.41) is 8.95. The number of ether oxygens (including phenoxy) is 1. The van der Waals surface area contributed by atoms with Gasteiger partial charge in [0.25, 0.3) is 0 Å². The van der Waals surface area contributed by atoms with Crippen molar-refractivity contribution in [3.05, 3.63) is 35.2 Å². The fourth-order valence-corrected chi connectivity index (χ4v) is 1.54. The van der Waals surface area contributed by atoms with Crippen LogP contribution >= 0.6 is 0 Å². The van der Waals surface area contributed by atoms with E-state index in [9.17, 15) is 13.2 Å². The molecule has 0 aliphatic carbocycles. The fourth-order valence-electron chi connectivity index (χ4n) is 1.54. The molecule has 1 rings (SSSR count). The van der Waals surface area contributed by atoms with Gasteiger partial charge < -0.3 is 9.84 Å². The minimum Gasteiger partial charge on any atom is -0.493 e. The highest BCUT2D eigenvalue weighted by Crippen LogP contribution is 2.40. The number of aliphatic hydroxyl groups is 1. The normalized spacial score (nSPS) is 11.9. The van der Waals surface area contributed by atoms with Crippen LogP contribution in [0, 0.1) is 5.92 Å². The number of aliphatic hydroxyl groups excluding tert-OH is 1. The summed E-state index contributed by atoms with van der Waals surface area (Å²) >= 11 is 0. The molecular weight excluding hydrogens is 233 g/mol. The van der Waals surface area contributed by atoms with E-state index in [1.54, 1.807) is 6.92 Å². The van der Waals surface area contributed by atoms with Crippen LogP contribution < -0.4 is 4.74 Å². The molecule has 95 valence electrons. The molecule has 0 saturated heterocycles. The van der Waals surface area contributed by atoms with Gasteiger partial charge in [0.05, 0.1) is 13.2 Å². The topological polar surface area (TPSA) is 29.5 Å². The van der Waals surface area contributed by atoms with Gasteiger partial charge in [0.15, 0.2) is 0 Å². The van der Waals surface area contributed by atoms with Crippen molar-refractivity contribution >= 4 is 0 Å². The lowest BCUT2D eigenvalue weighted by molar-refractivity contribution is -0.139. The van der Waals surface area contributed by atoms with Crippen molar-refractivity contribution in [2.75, 3.05) is 13.2 Å². The largest absolute Gasteiger partial charge is 0.493 e. The zero-order valence-corrected chi connectivity index (χ0v) is 9.64. The summed E-state index contributed by atoms with van der Waals surface area (Å²) in [6, 6.07) is 4.09. The third kappa shape index (κ3) is 3.12. The average Bonchev–Trinajstić information content (AvgIpc) is 2.26. The first-order chi connectivity index (χ1) is 7.91. The van der Waals surface area contributed by atoms with E-state index in [2.05, 4.69) is 0 Å². The molecule has 0 aliphatic rings. The van der Waals surface area contributed by atoms with Gasteiger partial charge in [0.2, 0.25) is 0 Å². The Balaban J connectivity index is 3.34. The van der Waals surface area contributed by atoms with Crippen LogP contribution in [0.1, 0.15) is 25.0 Å². The first-order valence-corrected chi connectivity index (χ1v) is 5.18. The van der Waals surface area contributed by atoms with E-state index >= 15 is 0 Å². The van der Waals surface area contributed by atoms with Crippen molar-refractivity contribution in [1.29, 1.82) is 0 Å². The predicted molar refractivity (Wildman–Crippen MR) is 57.7 cm³/mol. The third-order valence-electron chi connectivity index (χ3n) is 2.31. The maximum Gasteiger partial charge on any atom is 0.420 e. The van der Waals surface area contributed by atoms with Crippen LogP contribution in [0.15, 0.2) is 18.2 Å². The van der Waals surface area contributed by atoms with Crippen molar-refractivity contribution in [1.82, 2.24) is 0 Å². The van der Waals surface area contributed by atoms with Gasteiger partial charge in [-0.15, -0.1) is 0 Å². The average molecular weight is 247 g/mol. The maximum atomic E-state index is 13.0. The molecule has 0 spiro atoms. The minimum absolute atomic E-state index is 0.0223. The lowest BCUT2D eigenvalue weighted by atomic mass is 9.95. The van der Waals surface area contributed by atoms with Gasteiger partial charge in [0.1, 0.15) is 11.3 Å². The standard InChI is InChI=1S/C12H14F3O2/c1-3-17-10-6-4-5-9(8(2)7-16)11(10)12(13,14)15/h4-6,16H,3,7H2,1-2H3. The Morgan fingerprint density at radius 3 is 2.47 bits per heavy atom. The quantitative estimate of drug-likeness (QED) is 0.886. The molecule has 1 radical (unpaired) electrons. The Kier molecular flexibility index (Phi) is 4.40. The summed E-state index contributed by atoms with van der Waals surface area (Å²) in [6.07, 6.45) is -4.50. The summed E-state index contributed by atoms with van der Waals surface area (Å²) in [5.74, 6) is 0.0594. The number of halogens is 3. The first kappa shape index (κ1) is 13.8. The first-order valence-electron chi connectivity index (χ1n) is 5.18. The summed E-state index contributed by atoms with van der Waals surface area (Å²) in [6.45, 7) is 2.82. The molecule has 0 aliphatic heterocycles. The molecule has 0 fully saturated rings. The lowest BCUT2D eigenvalue weighted by Crippen LogP contribution is -2.15. The van der Waals surface area contributed by atoms with Gasteiger partial charge in [-0.2, -0.15) is 13.2 Å². The highest BCUT2D eigenvalue weighted by molar-refractivity contribution is 5.48. The van der Waals surface area contributed by atoms with E-state index in [1.165, 1.54) is 25.1 Å². The highest BCUT2D eigenvalue weighted by atomic mass is 19.4. The molecule has 0 unspecified atom stereocenters. The van der Waals surface area contributed by atoms with Crippen molar-refractivity contribution in [2.24, 2.45) is 0 Å². The Morgan fingerprint density at radius 2 is 2.00 bits per heavy atom. The Labute approximate surface area is 98.0 Å². The molecule has 0 saturated carbocycles. The second-order valence-electron chi connectivity index (χ2n) is 3.55. The molecule has 5 heteroatoms. The van der Waals surface area contributed by atoms with Crippen molar-refractivity contribution in [3.63, 3.8) is 0 Å². The molecule has 2 nitrogen and oxygen atoms in total. The van der Waals surface area contributed by atoms with Crippen molar-refractivity contribution < 1.29 is 23.0 Å². The van der Waals surface area contributed by atoms with Crippen LogP contribution in [-0.4, -0.2) is 18.3 Å². The number of rotatable bonds is 4. The summed E-state index contributed by atoms with van der Waals surface area (Å²) in [5.41, 5.74) is -0.848. The monoisotopic (exact) mass is 247 g/mol. The highest BCUT2D eigenvalue weighted by Gasteiger charge is 2.38. The molecule has 0 amide bonds. The van der Waals surface area contributed by atoms with E-state index < -0.39 is 18.3 Å². The van der Waals surface area contributed by atoms with Gasteiger partial charge in [-0.05, 0) is 18.6 Å². The summed E-state index contributed by atoms with van der Waals surface area (Å²) in [7, 11) is 0. The van der Waals surface area contributed by atoms with Crippen LogP contribution in [0.4, 0.5) is 13.2 Å². The number of alkyl halides is 3. The predicted octanol–water partition coefficient (Wildman–Crippen LogP) is 3.04. The minimum atomic E-state index is -4.50. The van der Waals surface area contributed by atoms with Crippen molar-refractivity contribution in [2.45, 2.75) is 20.0 Å². The number of hydrogen-bond donors (Lipinski definition) is 1. The Bertz CT molecular complexity index is 375. The number of hydrogen-bond acceptors (Lipinski definition) is 2. The number of benzene rings is 1. The zero-order valence-electron chi connectivity index (χ0n) is 9.64. The van der Waals surface area contributed by atoms with Crippen LogP contribution in [0.3, 0.4) is 0 Å². The zero-order chi connectivity index (χ0) is 13.1. The van der Waals surface area contributed by atoms with E-state index in [4.69, 9.17) is 9.84 Å². The summed E-state index contributed by atoms with van der Waals surface area (Å²) < 4.78 is 43.8. The molecular formula is C12H14F3O2.